The molecule has 6 N–H and O–H groups in total. The lowest BCUT2D eigenvalue weighted by Crippen LogP contribution is -2.58. The number of aromatic nitrogens is 5. The summed E-state index contributed by atoms with van der Waals surface area (Å²) >= 11 is 0. The molecule has 2 aromatic heterocycles. The molecule has 8 rings (SSSR count). The van der Waals surface area contributed by atoms with Crippen LogP contribution in [0.15, 0.2) is 110 Å². The number of carbonyl (C=O) groups excluding carboxylic acids is 2. The van der Waals surface area contributed by atoms with Gasteiger partial charge in [-0.15, -0.1) is 5.10 Å². The number of nitrogens with one attached hydrogen (secondary N) is 2. The van der Waals surface area contributed by atoms with Crippen LogP contribution in [-0.2, 0) is 27.9 Å². The molecular weight excluding hydrogens is 901 g/mol. The fraction of sp³-hybridized carbons (Fsp3) is 0.396. The van der Waals surface area contributed by atoms with E-state index in [0.29, 0.717) is 67.9 Å². The summed E-state index contributed by atoms with van der Waals surface area (Å²) in [5, 5.41) is 58.0. The average Bonchev–Trinajstić information content (AvgIpc) is 3.86. The predicted octanol–water partition coefficient (Wildman–Crippen LogP) is 6.35. The normalized spacial score (nSPS) is 18.5. The number of hydrogen-bond donors (Lipinski definition) is 6. The number of nitrogens with zero attached hydrogens (tertiary/aromatic N) is 7. The highest BCUT2D eigenvalue weighted by Gasteiger charge is 2.57. The van der Waals surface area contributed by atoms with E-state index in [-0.39, 0.29) is 46.8 Å². The smallest absolute Gasteiger partial charge is 0.476 e. The van der Waals surface area contributed by atoms with Crippen LogP contribution in [0.3, 0.4) is 0 Å². The summed E-state index contributed by atoms with van der Waals surface area (Å²) in [6.45, 7) is 17.1. The van der Waals surface area contributed by atoms with Gasteiger partial charge < -0.3 is 40.0 Å². The summed E-state index contributed by atoms with van der Waals surface area (Å²) < 4.78 is 15.0. The zero-order valence-corrected chi connectivity index (χ0v) is 41.4. The van der Waals surface area contributed by atoms with E-state index < -0.39 is 42.4 Å². The lowest BCUT2D eigenvalue weighted by Gasteiger charge is -2.37. The molecule has 4 atom stereocenters. The molecule has 2 unspecified atom stereocenters. The zero-order valence-electron chi connectivity index (χ0n) is 41.4. The van der Waals surface area contributed by atoms with Crippen molar-refractivity contribution in [3.8, 4) is 34.6 Å². The van der Waals surface area contributed by atoms with Crippen molar-refractivity contribution in [2.45, 2.75) is 103 Å². The van der Waals surface area contributed by atoms with Gasteiger partial charge in [0.05, 0.1) is 29.1 Å². The molecule has 0 bridgehead atoms. The first-order valence-electron chi connectivity index (χ1n) is 24.2. The number of aliphatic hydroxyl groups is 1. The second-order valence-corrected chi connectivity index (χ2v) is 19.9. The number of piperazine rings is 1. The van der Waals surface area contributed by atoms with E-state index >= 15 is 0 Å². The molecule has 2 fully saturated rings. The van der Waals surface area contributed by atoms with E-state index in [4.69, 9.17) is 9.31 Å². The van der Waals surface area contributed by atoms with Crippen LogP contribution in [-0.4, -0.2) is 124 Å². The lowest BCUT2D eigenvalue weighted by molar-refractivity contribution is -0.0133. The Bertz CT molecular complexity index is 2770. The fourth-order valence-corrected chi connectivity index (χ4v) is 9.41. The molecule has 372 valence electrons. The topological polar surface area (TPSA) is 221 Å². The van der Waals surface area contributed by atoms with Crippen LogP contribution in [0.2, 0.25) is 0 Å². The molecule has 0 spiro atoms. The lowest BCUT2D eigenvalue weighted by atomic mass is 9.73. The zero-order chi connectivity index (χ0) is 50.6. The minimum absolute atomic E-state index is 0.0147. The molecule has 6 aromatic rings. The highest BCUT2D eigenvalue weighted by molar-refractivity contribution is 6.47. The van der Waals surface area contributed by atoms with E-state index in [1.807, 2.05) is 118 Å². The summed E-state index contributed by atoms with van der Waals surface area (Å²) in [7, 11) is -0.767. The highest BCUT2D eigenvalue weighted by atomic mass is 16.7. The molecule has 2 aliphatic rings. The number of carbonyl (C=O) groups is 2. The Hall–Kier alpha value is -6.70. The SMILES string of the molecule is CC(C)C[C@H](NC(O)[C@H](Cc1ccccc1)NC(=O)c1cnccn1)B1OC(C)(C)C(C)(c2ccc(C(=O)N3CCN(Cc4ccc(-n5c(O)nnc5-c5cc(C(C)C)c(O)cc5O)cc4)CC3)cc2)O1. The maximum Gasteiger partial charge on any atom is 0.476 e. The number of amides is 2. The molecule has 71 heavy (non-hydrogen) atoms. The van der Waals surface area contributed by atoms with Gasteiger partial charge in [-0.3, -0.25) is 24.8 Å². The van der Waals surface area contributed by atoms with Gasteiger partial charge in [0, 0.05) is 62.7 Å². The molecule has 18 heteroatoms. The highest BCUT2D eigenvalue weighted by Crippen LogP contribution is 2.46. The van der Waals surface area contributed by atoms with Crippen molar-refractivity contribution in [1.82, 2.24) is 45.2 Å². The van der Waals surface area contributed by atoms with E-state index in [2.05, 4.69) is 49.5 Å². The Morgan fingerprint density at radius 1 is 0.817 bits per heavy atom. The number of phenols is 2. The molecule has 0 radical (unpaired) electrons. The Morgan fingerprint density at radius 3 is 2.17 bits per heavy atom. The van der Waals surface area contributed by atoms with Gasteiger partial charge in [-0.1, -0.05) is 87.4 Å². The molecule has 17 nitrogen and oxygen atoms in total. The van der Waals surface area contributed by atoms with Crippen LogP contribution < -0.4 is 10.6 Å². The maximum absolute atomic E-state index is 13.9. The first-order chi connectivity index (χ1) is 33.9. The molecule has 4 heterocycles. The molecule has 2 aliphatic heterocycles. The molecule has 0 aliphatic carbocycles. The number of aromatic hydroxyl groups is 3. The number of phenolic OH excluding ortho intramolecular Hbond substituents is 2. The third-order valence-corrected chi connectivity index (χ3v) is 13.7. The third-order valence-electron chi connectivity index (χ3n) is 13.7. The van der Waals surface area contributed by atoms with Gasteiger partial charge in [0.2, 0.25) is 0 Å². The number of rotatable bonds is 17. The Balaban J connectivity index is 0.887. The minimum Gasteiger partial charge on any atom is -0.508 e. The van der Waals surface area contributed by atoms with E-state index in [1.165, 1.54) is 29.2 Å². The van der Waals surface area contributed by atoms with Gasteiger partial charge in [-0.2, -0.15) is 0 Å². The monoisotopic (exact) mass is 965 g/mol. The van der Waals surface area contributed by atoms with Crippen molar-refractivity contribution in [2.24, 2.45) is 5.92 Å². The van der Waals surface area contributed by atoms with E-state index in [1.54, 1.807) is 6.07 Å². The fourth-order valence-electron chi connectivity index (χ4n) is 9.41. The summed E-state index contributed by atoms with van der Waals surface area (Å²) in [4.78, 5) is 39.5. The van der Waals surface area contributed by atoms with Crippen molar-refractivity contribution in [2.75, 3.05) is 26.2 Å². The van der Waals surface area contributed by atoms with E-state index in [9.17, 15) is 30.0 Å². The molecule has 4 aromatic carbocycles. The third kappa shape index (κ3) is 11.3. The second-order valence-electron chi connectivity index (χ2n) is 19.9. The van der Waals surface area contributed by atoms with Crippen molar-refractivity contribution < 1.29 is 39.3 Å². The summed E-state index contributed by atoms with van der Waals surface area (Å²) in [5.74, 6) is -0.742. The summed E-state index contributed by atoms with van der Waals surface area (Å²) in [6.07, 6.45) is 4.09. The first-order valence-corrected chi connectivity index (χ1v) is 24.2. The van der Waals surface area contributed by atoms with Gasteiger partial charge in [0.15, 0.2) is 5.82 Å². The first kappa shape index (κ1) is 50.7. The Labute approximate surface area is 415 Å². The van der Waals surface area contributed by atoms with Crippen molar-refractivity contribution >= 4 is 18.9 Å². The number of hydrogen-bond acceptors (Lipinski definition) is 14. The van der Waals surface area contributed by atoms with Crippen molar-refractivity contribution in [3.05, 3.63) is 143 Å². The standard InChI is InChI=1S/C53H64BN9O8/c1-33(2)27-46(58-48(66)42(28-35-11-9-8-10-12-35)57-49(67)43-31-55-21-22-56-43)54-70-52(5,6)53(7,71-54)38-17-15-37(16-18-38)50(68)62-25-23-61(24-26-62)32-36-13-19-39(20-14-36)63-47(59-60-51(63)69)41-29-40(34(3)4)44(64)30-45(41)65/h8-22,29-31,33-34,42,46,48,58,64-66H,23-28,32H2,1-7H3,(H,57,67)(H,60,69)/t42-,46-,48?,53?/m0/s1. The van der Waals surface area contributed by atoms with E-state index in [0.717, 1.165) is 16.7 Å². The van der Waals surface area contributed by atoms with Crippen LogP contribution in [0.25, 0.3) is 17.1 Å². The predicted molar refractivity (Wildman–Crippen MR) is 269 cm³/mol. The van der Waals surface area contributed by atoms with Crippen LogP contribution in [0, 0.1) is 5.92 Å². The van der Waals surface area contributed by atoms with Gasteiger partial charge in [-0.25, -0.2) is 9.55 Å². The molecular formula is C53H64BN9O8. The van der Waals surface area contributed by atoms with Gasteiger partial charge in [0.1, 0.15) is 29.0 Å². The van der Waals surface area contributed by atoms with Crippen molar-refractivity contribution in [3.63, 3.8) is 0 Å². The minimum atomic E-state index is -1.19. The van der Waals surface area contributed by atoms with Gasteiger partial charge >= 0.3 is 13.1 Å². The number of aliphatic hydroxyl groups excluding tert-OH is 1. The second kappa shape index (κ2) is 21.3. The average molecular weight is 966 g/mol. The van der Waals surface area contributed by atoms with Crippen LogP contribution in [0.5, 0.6) is 17.5 Å². The van der Waals surface area contributed by atoms with Gasteiger partial charge in [-0.05, 0) is 98.0 Å². The maximum atomic E-state index is 13.9. The Morgan fingerprint density at radius 2 is 1.52 bits per heavy atom. The van der Waals surface area contributed by atoms with Crippen molar-refractivity contribution in [1.29, 1.82) is 0 Å². The largest absolute Gasteiger partial charge is 0.508 e. The van der Waals surface area contributed by atoms with Crippen LogP contribution in [0.4, 0.5) is 0 Å². The molecule has 0 saturated carbocycles. The summed E-state index contributed by atoms with van der Waals surface area (Å²) in [6, 6.07) is 26.7. The van der Waals surface area contributed by atoms with Crippen LogP contribution in [0.1, 0.15) is 104 Å². The summed E-state index contributed by atoms with van der Waals surface area (Å²) in [5.41, 5.74) is 3.36. The molecule has 2 amide bonds. The van der Waals surface area contributed by atoms with Crippen LogP contribution >= 0.6 is 0 Å². The number of benzene rings is 4. The molecule has 2 saturated heterocycles. The Kier molecular flexibility index (Phi) is 15.2. The van der Waals surface area contributed by atoms with Gasteiger partial charge in [0.25, 0.3) is 11.8 Å². The quantitative estimate of drug-likeness (QED) is 0.0433.